The number of amides is 1. The van der Waals surface area contributed by atoms with E-state index in [2.05, 4.69) is 19.8 Å². The quantitative estimate of drug-likeness (QED) is 0.511. The average Bonchev–Trinajstić information content (AvgIpc) is 3.26. The third-order valence-electron chi connectivity index (χ3n) is 6.18. The normalized spacial score (nSPS) is 18.4. The van der Waals surface area contributed by atoms with Crippen molar-refractivity contribution in [2.24, 2.45) is 0 Å². The molecule has 0 aliphatic carbocycles. The third-order valence-corrected chi connectivity index (χ3v) is 6.18. The molecule has 12 heteroatoms. The molecular formula is C22H29N9O3. The number of piperazine rings is 1. The minimum absolute atomic E-state index is 0.215. The van der Waals surface area contributed by atoms with E-state index in [-0.39, 0.29) is 11.9 Å². The Morgan fingerprint density at radius 1 is 1.09 bits per heavy atom. The fourth-order valence-electron chi connectivity index (χ4n) is 4.33. The van der Waals surface area contributed by atoms with Gasteiger partial charge in [0.15, 0.2) is 11.5 Å². The number of rotatable bonds is 5. The molecule has 2 aliphatic heterocycles. The fraction of sp³-hybridized carbons (Fsp3) is 0.500. The fourth-order valence-corrected chi connectivity index (χ4v) is 4.33. The zero-order valence-corrected chi connectivity index (χ0v) is 19.2. The minimum Gasteiger partial charge on any atom is -0.384 e. The second-order valence-electron chi connectivity index (χ2n) is 8.62. The summed E-state index contributed by atoms with van der Waals surface area (Å²) in [6.45, 7) is 7.61. The number of aromatic nitrogens is 5. The van der Waals surface area contributed by atoms with Gasteiger partial charge in [-0.05, 0) is 6.92 Å². The molecule has 0 bridgehead atoms. The number of anilines is 2. The summed E-state index contributed by atoms with van der Waals surface area (Å²) in [5.74, 6) is 0.808. The second kappa shape index (κ2) is 9.49. The number of hydrogen-bond acceptors (Lipinski definition) is 10. The van der Waals surface area contributed by atoms with Gasteiger partial charge in [-0.25, -0.2) is 19.9 Å². The molecule has 0 aromatic carbocycles. The molecule has 3 aromatic heterocycles. The smallest absolute Gasteiger partial charge is 0.251 e. The Kier molecular flexibility index (Phi) is 6.26. The number of aliphatic hydroxyl groups is 1. The number of carbonyl (C=O) groups is 1. The highest BCUT2D eigenvalue weighted by Crippen LogP contribution is 2.26. The van der Waals surface area contributed by atoms with E-state index in [1.54, 1.807) is 17.3 Å². The molecular weight excluding hydrogens is 438 g/mol. The molecule has 0 spiro atoms. The lowest BCUT2D eigenvalue weighted by Crippen LogP contribution is -2.50. The molecule has 1 amide bonds. The van der Waals surface area contributed by atoms with Crippen LogP contribution >= 0.6 is 0 Å². The maximum Gasteiger partial charge on any atom is 0.251 e. The van der Waals surface area contributed by atoms with Gasteiger partial charge in [-0.15, -0.1) is 0 Å². The van der Waals surface area contributed by atoms with Crippen LogP contribution < -0.4 is 10.6 Å². The standard InChI is InChI=1S/C22H29N9O3/c1-15(32)21(33)30-4-2-28(3-5-30)12-17-13-31-14-18(16-10-24-22(23)25-11-16)27-20(19(31)26-17)29-6-8-34-9-7-29/h10-11,13-15,32H,2-9,12H2,1H3,(H2,23,24,25). The lowest BCUT2D eigenvalue weighted by molar-refractivity contribution is -0.141. The lowest BCUT2D eigenvalue weighted by Gasteiger charge is -2.34. The number of hydrogen-bond donors (Lipinski definition) is 2. The van der Waals surface area contributed by atoms with Crippen LogP contribution in [-0.4, -0.2) is 104 Å². The van der Waals surface area contributed by atoms with E-state index in [4.69, 9.17) is 20.4 Å². The molecule has 1 unspecified atom stereocenters. The van der Waals surface area contributed by atoms with Gasteiger partial charge in [0.1, 0.15) is 6.10 Å². The van der Waals surface area contributed by atoms with E-state index in [1.165, 1.54) is 6.92 Å². The molecule has 34 heavy (non-hydrogen) atoms. The highest BCUT2D eigenvalue weighted by molar-refractivity contribution is 5.80. The number of ether oxygens (including phenoxy) is 1. The van der Waals surface area contributed by atoms with E-state index >= 15 is 0 Å². The number of fused-ring (bicyclic) bond motifs is 1. The molecule has 0 radical (unpaired) electrons. The Morgan fingerprint density at radius 3 is 2.47 bits per heavy atom. The minimum atomic E-state index is -0.961. The maximum absolute atomic E-state index is 12.0. The van der Waals surface area contributed by atoms with Gasteiger partial charge in [-0.3, -0.25) is 9.69 Å². The Hall–Kier alpha value is -3.35. The van der Waals surface area contributed by atoms with E-state index < -0.39 is 6.10 Å². The first kappa shape index (κ1) is 22.4. The van der Waals surface area contributed by atoms with Crippen LogP contribution in [0.3, 0.4) is 0 Å². The number of nitrogens with two attached hydrogens (primary N) is 1. The van der Waals surface area contributed by atoms with Gasteiger partial charge < -0.3 is 29.8 Å². The monoisotopic (exact) mass is 467 g/mol. The molecule has 2 fully saturated rings. The topological polar surface area (TPSA) is 138 Å². The van der Waals surface area contributed by atoms with Gasteiger partial charge in [0.2, 0.25) is 5.95 Å². The summed E-state index contributed by atoms with van der Waals surface area (Å²) in [7, 11) is 0. The van der Waals surface area contributed by atoms with Crippen molar-refractivity contribution in [3.8, 4) is 11.3 Å². The van der Waals surface area contributed by atoms with Crippen LogP contribution in [0.1, 0.15) is 12.6 Å². The van der Waals surface area contributed by atoms with Gasteiger partial charge in [0.25, 0.3) is 5.91 Å². The summed E-state index contributed by atoms with van der Waals surface area (Å²) in [5.41, 5.74) is 8.89. The van der Waals surface area contributed by atoms with Crippen molar-refractivity contribution in [1.29, 1.82) is 0 Å². The van der Waals surface area contributed by atoms with E-state index in [1.807, 2.05) is 16.8 Å². The number of nitrogens with zero attached hydrogens (tertiary/aromatic N) is 8. The Labute approximate surface area is 197 Å². The molecule has 180 valence electrons. The zero-order valence-electron chi connectivity index (χ0n) is 19.2. The summed E-state index contributed by atoms with van der Waals surface area (Å²) in [4.78, 5) is 36.3. The first-order chi connectivity index (χ1) is 16.5. The summed E-state index contributed by atoms with van der Waals surface area (Å²) in [6.07, 6.45) is 6.34. The van der Waals surface area contributed by atoms with Gasteiger partial charge >= 0.3 is 0 Å². The lowest BCUT2D eigenvalue weighted by atomic mass is 10.2. The first-order valence-corrected chi connectivity index (χ1v) is 11.5. The number of carbonyl (C=O) groups excluding carboxylic acids is 1. The van der Waals surface area contributed by atoms with Crippen molar-refractivity contribution >= 4 is 23.3 Å². The predicted molar refractivity (Wildman–Crippen MR) is 125 cm³/mol. The van der Waals surface area contributed by atoms with Gasteiger partial charge in [-0.2, -0.15) is 0 Å². The van der Waals surface area contributed by atoms with Gasteiger partial charge in [-0.1, -0.05) is 0 Å². The third kappa shape index (κ3) is 4.65. The maximum atomic E-state index is 12.0. The van der Waals surface area contributed by atoms with Gasteiger partial charge in [0.05, 0.1) is 24.6 Å². The van der Waals surface area contributed by atoms with Crippen molar-refractivity contribution < 1.29 is 14.6 Å². The average molecular weight is 468 g/mol. The molecule has 2 aliphatic rings. The van der Waals surface area contributed by atoms with Crippen molar-refractivity contribution in [3.05, 3.63) is 30.5 Å². The molecule has 5 rings (SSSR count). The van der Waals surface area contributed by atoms with Crippen molar-refractivity contribution in [2.75, 3.05) is 63.1 Å². The molecule has 3 N–H and O–H groups in total. The summed E-state index contributed by atoms with van der Waals surface area (Å²) < 4.78 is 7.53. The zero-order chi connectivity index (χ0) is 23.7. The molecule has 3 aromatic rings. The SMILES string of the molecule is CC(O)C(=O)N1CCN(Cc2cn3cc(-c4cnc(N)nc4)nc(N4CCOCC4)c3n2)CC1. The van der Waals surface area contributed by atoms with Crippen molar-refractivity contribution in [3.63, 3.8) is 0 Å². The highest BCUT2D eigenvalue weighted by atomic mass is 16.5. The summed E-state index contributed by atoms with van der Waals surface area (Å²) in [5, 5.41) is 9.56. The van der Waals surface area contributed by atoms with Gasteiger partial charge in [0, 0.05) is 76.2 Å². The molecule has 12 nitrogen and oxygen atoms in total. The summed E-state index contributed by atoms with van der Waals surface area (Å²) in [6, 6.07) is 0. The first-order valence-electron chi connectivity index (χ1n) is 11.5. The van der Waals surface area contributed by atoms with Crippen LogP contribution in [0.25, 0.3) is 16.9 Å². The molecule has 1 atom stereocenters. The van der Waals surface area contributed by atoms with Crippen LogP contribution in [0.4, 0.5) is 11.8 Å². The van der Waals surface area contributed by atoms with E-state index in [0.717, 1.165) is 54.6 Å². The molecule has 5 heterocycles. The number of imidazole rings is 1. The second-order valence-corrected chi connectivity index (χ2v) is 8.62. The van der Waals surface area contributed by atoms with Crippen molar-refractivity contribution in [2.45, 2.75) is 19.6 Å². The number of nitrogen functional groups attached to an aromatic ring is 1. The van der Waals surface area contributed by atoms with Crippen LogP contribution in [0.15, 0.2) is 24.8 Å². The Bertz CT molecular complexity index is 1150. The van der Waals surface area contributed by atoms with E-state index in [9.17, 15) is 9.90 Å². The largest absolute Gasteiger partial charge is 0.384 e. The van der Waals surface area contributed by atoms with Crippen molar-refractivity contribution in [1.82, 2.24) is 34.1 Å². The van der Waals surface area contributed by atoms with Crippen LogP contribution in [0, 0.1) is 0 Å². The number of morpholine rings is 1. The van der Waals surface area contributed by atoms with Crippen LogP contribution in [-0.2, 0) is 16.1 Å². The Balaban J connectivity index is 1.41. The van der Waals surface area contributed by atoms with Crippen LogP contribution in [0.5, 0.6) is 0 Å². The van der Waals surface area contributed by atoms with Crippen LogP contribution in [0.2, 0.25) is 0 Å². The number of aliphatic hydroxyl groups excluding tert-OH is 1. The Morgan fingerprint density at radius 2 is 1.79 bits per heavy atom. The summed E-state index contributed by atoms with van der Waals surface area (Å²) >= 11 is 0. The predicted octanol–water partition coefficient (Wildman–Crippen LogP) is -0.370. The molecule has 2 saturated heterocycles. The molecule has 0 saturated carbocycles. The highest BCUT2D eigenvalue weighted by Gasteiger charge is 2.25. The van der Waals surface area contributed by atoms with E-state index in [0.29, 0.717) is 32.8 Å².